The molecule has 0 heterocycles. The maximum Gasteiger partial charge on any atom is 0.0724 e. The van der Waals surface area contributed by atoms with Gasteiger partial charge in [0.05, 0.1) is 12.2 Å². The third-order valence-electron chi connectivity index (χ3n) is 8.71. The molecule has 3 fully saturated rings. The van der Waals surface area contributed by atoms with Crippen LogP contribution in [0.5, 0.6) is 0 Å². The fraction of sp³-hybridized carbons (Fsp3) is 0.905. The van der Waals surface area contributed by atoms with Gasteiger partial charge in [-0.05, 0) is 79.4 Å². The molecule has 3 unspecified atom stereocenters. The van der Waals surface area contributed by atoms with Crippen molar-refractivity contribution in [3.8, 4) is 0 Å². The van der Waals surface area contributed by atoms with Crippen LogP contribution >= 0.6 is 0 Å². The van der Waals surface area contributed by atoms with Gasteiger partial charge in [0, 0.05) is 0 Å². The Balaban J connectivity index is 1.71. The minimum absolute atomic E-state index is 0.132. The first-order valence-corrected chi connectivity index (χ1v) is 9.97. The zero-order valence-electron chi connectivity index (χ0n) is 15.1. The molecule has 4 rings (SSSR count). The first kappa shape index (κ1) is 16.1. The zero-order valence-corrected chi connectivity index (χ0v) is 15.1. The Morgan fingerprint density at radius 3 is 2.65 bits per heavy atom. The van der Waals surface area contributed by atoms with E-state index in [9.17, 15) is 10.2 Å². The van der Waals surface area contributed by atoms with Gasteiger partial charge in [-0.15, -0.1) is 0 Å². The van der Waals surface area contributed by atoms with Gasteiger partial charge in [0.15, 0.2) is 0 Å². The molecule has 0 bridgehead atoms. The van der Waals surface area contributed by atoms with Crippen LogP contribution in [0.25, 0.3) is 0 Å². The van der Waals surface area contributed by atoms with E-state index in [-0.39, 0.29) is 17.6 Å². The summed E-state index contributed by atoms with van der Waals surface area (Å²) in [5.41, 5.74) is 1.94. The van der Waals surface area contributed by atoms with Crippen LogP contribution in [-0.2, 0) is 0 Å². The zero-order chi connectivity index (χ0) is 16.4. The second-order valence-corrected chi connectivity index (χ2v) is 9.51. The van der Waals surface area contributed by atoms with Gasteiger partial charge in [-0.25, -0.2) is 0 Å². The highest BCUT2D eigenvalue weighted by Gasteiger charge is 2.61. The second kappa shape index (κ2) is 5.33. The highest BCUT2D eigenvalue weighted by molar-refractivity contribution is 5.26. The predicted molar refractivity (Wildman–Crippen MR) is 92.9 cm³/mol. The van der Waals surface area contributed by atoms with Gasteiger partial charge in [0.2, 0.25) is 0 Å². The van der Waals surface area contributed by atoms with Crippen LogP contribution in [0.2, 0.25) is 0 Å². The molecular formula is C21H34O2. The Hall–Kier alpha value is -0.340. The van der Waals surface area contributed by atoms with Gasteiger partial charge in [-0.2, -0.15) is 0 Å². The van der Waals surface area contributed by atoms with Crippen molar-refractivity contribution in [2.75, 3.05) is 0 Å². The van der Waals surface area contributed by atoms with Crippen molar-refractivity contribution in [2.24, 2.45) is 34.5 Å². The molecule has 0 saturated heterocycles. The van der Waals surface area contributed by atoms with Crippen LogP contribution in [0.1, 0.15) is 72.1 Å². The number of hydrogen-bond donors (Lipinski definition) is 2. The maximum atomic E-state index is 11.2. The number of hydrogen-bond acceptors (Lipinski definition) is 2. The summed E-state index contributed by atoms with van der Waals surface area (Å²) in [6, 6.07) is 0. The lowest BCUT2D eigenvalue weighted by atomic mass is 9.46. The molecule has 4 aliphatic rings. The molecule has 2 N–H and O–H groups in total. The van der Waals surface area contributed by atoms with E-state index in [2.05, 4.69) is 26.8 Å². The molecule has 8 atom stereocenters. The monoisotopic (exact) mass is 318 g/mol. The van der Waals surface area contributed by atoms with Gasteiger partial charge in [0.1, 0.15) is 0 Å². The van der Waals surface area contributed by atoms with E-state index in [4.69, 9.17) is 0 Å². The summed E-state index contributed by atoms with van der Waals surface area (Å²) in [5.74, 6) is 2.73. The minimum atomic E-state index is -0.253. The number of rotatable bonds is 1. The molecule has 0 radical (unpaired) electrons. The van der Waals surface area contributed by atoms with E-state index in [1.807, 2.05) is 0 Å². The lowest BCUT2D eigenvalue weighted by Gasteiger charge is -2.60. The molecule has 23 heavy (non-hydrogen) atoms. The van der Waals surface area contributed by atoms with Crippen LogP contribution in [0.3, 0.4) is 0 Å². The lowest BCUT2D eigenvalue weighted by molar-refractivity contribution is -0.130. The van der Waals surface area contributed by atoms with Crippen molar-refractivity contribution in [3.63, 3.8) is 0 Å². The molecule has 130 valence electrons. The Morgan fingerprint density at radius 2 is 1.91 bits per heavy atom. The van der Waals surface area contributed by atoms with E-state index < -0.39 is 0 Å². The Kier molecular flexibility index (Phi) is 3.74. The highest BCUT2D eigenvalue weighted by Crippen LogP contribution is 2.67. The normalized spacial score (nSPS) is 55.6. The van der Waals surface area contributed by atoms with E-state index in [1.165, 1.54) is 31.3 Å². The van der Waals surface area contributed by atoms with E-state index in [0.717, 1.165) is 37.5 Å². The molecule has 2 nitrogen and oxygen atoms in total. The van der Waals surface area contributed by atoms with Crippen LogP contribution in [-0.4, -0.2) is 22.4 Å². The molecule has 0 aromatic heterocycles. The number of fused-ring (bicyclic) bond motifs is 5. The average molecular weight is 319 g/mol. The minimum Gasteiger partial charge on any atom is -0.393 e. The number of allylic oxidation sites excluding steroid dienone is 1. The Bertz CT molecular complexity index is 512. The average Bonchev–Trinajstić information content (AvgIpc) is 2.83. The first-order valence-electron chi connectivity index (χ1n) is 9.97. The topological polar surface area (TPSA) is 40.5 Å². The van der Waals surface area contributed by atoms with Crippen LogP contribution in [0, 0.1) is 34.5 Å². The van der Waals surface area contributed by atoms with Crippen molar-refractivity contribution in [2.45, 2.75) is 84.3 Å². The van der Waals surface area contributed by atoms with Crippen molar-refractivity contribution in [1.82, 2.24) is 0 Å². The van der Waals surface area contributed by atoms with Crippen molar-refractivity contribution in [3.05, 3.63) is 11.6 Å². The molecule has 0 spiro atoms. The van der Waals surface area contributed by atoms with E-state index >= 15 is 0 Å². The second-order valence-electron chi connectivity index (χ2n) is 9.51. The predicted octanol–water partition coefficient (Wildman–Crippen LogP) is 4.31. The van der Waals surface area contributed by atoms with Gasteiger partial charge >= 0.3 is 0 Å². The molecule has 0 aliphatic heterocycles. The molecule has 2 heteroatoms. The molecule has 0 aromatic carbocycles. The molecule has 0 amide bonds. The quantitative estimate of drug-likeness (QED) is 0.707. The fourth-order valence-electron chi connectivity index (χ4n) is 7.61. The third-order valence-corrected chi connectivity index (χ3v) is 8.71. The van der Waals surface area contributed by atoms with Crippen molar-refractivity contribution in [1.29, 1.82) is 0 Å². The van der Waals surface area contributed by atoms with Crippen LogP contribution in [0.15, 0.2) is 11.6 Å². The molecule has 4 aliphatic carbocycles. The largest absolute Gasteiger partial charge is 0.393 e. The molecule has 0 aromatic rings. The fourth-order valence-corrected chi connectivity index (χ4v) is 7.61. The van der Waals surface area contributed by atoms with Gasteiger partial charge in [-0.3, -0.25) is 0 Å². The summed E-state index contributed by atoms with van der Waals surface area (Å²) >= 11 is 0. The van der Waals surface area contributed by atoms with Crippen LogP contribution in [0.4, 0.5) is 0 Å². The Morgan fingerprint density at radius 1 is 1.13 bits per heavy atom. The summed E-state index contributed by atoms with van der Waals surface area (Å²) in [4.78, 5) is 0. The maximum absolute atomic E-state index is 11.2. The molecule has 3 saturated carbocycles. The summed E-state index contributed by atoms with van der Waals surface area (Å²) < 4.78 is 0. The summed E-state index contributed by atoms with van der Waals surface area (Å²) in [6.45, 7) is 7.21. The van der Waals surface area contributed by atoms with Crippen molar-refractivity contribution >= 4 is 0 Å². The Labute approximate surface area is 141 Å². The van der Waals surface area contributed by atoms with Gasteiger partial charge in [-0.1, -0.05) is 38.8 Å². The standard InChI is InChI=1S/C21H34O2/c1-4-13-6-8-17-16-7-5-14-11-15(22)9-10-20(14,2)19(16)18(23)12-21(13,17)3/h11,13,15-19,22-23H,4-10,12H2,1-3H3/t13-,15-,16?,17?,18-,19?,20-,21+/m0/s1. The summed E-state index contributed by atoms with van der Waals surface area (Å²) in [6.07, 6.45) is 11.0. The SMILES string of the molecule is CC[C@H]1CCC2C3CCC4=C[C@@H](O)CC[C@]4(C)C3[C@@H](O)C[C@@]21C. The summed E-state index contributed by atoms with van der Waals surface area (Å²) in [5, 5.41) is 21.3. The van der Waals surface area contributed by atoms with Gasteiger partial charge < -0.3 is 10.2 Å². The third kappa shape index (κ3) is 2.13. The first-order chi connectivity index (χ1) is 10.9. The molecular weight excluding hydrogens is 284 g/mol. The highest BCUT2D eigenvalue weighted by atomic mass is 16.3. The smallest absolute Gasteiger partial charge is 0.0724 e. The number of aliphatic hydroxyl groups is 2. The number of aliphatic hydroxyl groups excluding tert-OH is 2. The van der Waals surface area contributed by atoms with Crippen LogP contribution < -0.4 is 0 Å². The van der Waals surface area contributed by atoms with Crippen molar-refractivity contribution < 1.29 is 10.2 Å². The summed E-state index contributed by atoms with van der Waals surface area (Å²) in [7, 11) is 0. The van der Waals surface area contributed by atoms with Gasteiger partial charge in [0.25, 0.3) is 0 Å². The van der Waals surface area contributed by atoms with E-state index in [0.29, 0.717) is 17.3 Å². The van der Waals surface area contributed by atoms with E-state index in [1.54, 1.807) is 0 Å². The lowest BCUT2D eigenvalue weighted by Crippen LogP contribution is -2.56.